The van der Waals surface area contributed by atoms with Crippen LogP contribution in [0.3, 0.4) is 0 Å². The molecule has 0 aliphatic rings. The summed E-state index contributed by atoms with van der Waals surface area (Å²) in [4.78, 5) is 11.1. The molecule has 0 unspecified atom stereocenters. The molecule has 1 heteroatoms. The summed E-state index contributed by atoms with van der Waals surface area (Å²) in [5.41, 5.74) is 3.94. The van der Waals surface area contributed by atoms with Crippen molar-refractivity contribution in [3.63, 3.8) is 0 Å². The van der Waals surface area contributed by atoms with Gasteiger partial charge in [-0.3, -0.25) is 4.79 Å². The number of rotatable bonds is 2. The molecule has 118 valence electrons. The van der Waals surface area contributed by atoms with Crippen LogP contribution in [-0.2, 0) is 15.6 Å². The molecule has 0 spiro atoms. The Kier molecular flexibility index (Phi) is 7.09. The number of benzene rings is 1. The van der Waals surface area contributed by atoms with Gasteiger partial charge in [-0.1, -0.05) is 79.7 Å². The Balaban J connectivity index is 0.00000191. The molecule has 1 nitrogen and oxygen atoms in total. The average molecular weight is 288 g/mol. The molecule has 0 aromatic heterocycles. The van der Waals surface area contributed by atoms with E-state index < -0.39 is 0 Å². The van der Waals surface area contributed by atoms with Gasteiger partial charge in [0, 0.05) is 0 Å². The molecule has 0 heterocycles. The minimum Gasteiger partial charge on any atom is -0.295 e. The van der Waals surface area contributed by atoms with Crippen molar-refractivity contribution in [1.29, 1.82) is 0 Å². The van der Waals surface area contributed by atoms with Gasteiger partial charge in [-0.25, -0.2) is 0 Å². The summed E-state index contributed by atoms with van der Waals surface area (Å²) in [6.45, 7) is 18.9. The summed E-state index contributed by atoms with van der Waals surface area (Å²) in [6.07, 6.45) is 3.54. The number of ketones is 1. The molecule has 21 heavy (non-hydrogen) atoms. The molecule has 0 bridgehead atoms. The van der Waals surface area contributed by atoms with Gasteiger partial charge in [0.1, 0.15) is 0 Å². The van der Waals surface area contributed by atoms with Crippen LogP contribution in [0.25, 0.3) is 6.08 Å². The molecule has 1 rings (SSSR count). The van der Waals surface area contributed by atoms with E-state index in [9.17, 15) is 4.79 Å². The molecule has 0 aliphatic carbocycles. The first-order chi connectivity index (χ1) is 9.50. The molecular formula is C20H32O. The van der Waals surface area contributed by atoms with E-state index in [0.717, 1.165) is 5.56 Å². The van der Waals surface area contributed by atoms with Crippen LogP contribution in [0.15, 0.2) is 24.3 Å². The lowest BCUT2D eigenvalue weighted by atomic mass is 9.79. The zero-order valence-corrected chi connectivity index (χ0v) is 15.3. The molecule has 0 saturated heterocycles. The van der Waals surface area contributed by atoms with E-state index in [-0.39, 0.29) is 16.6 Å². The Labute approximate surface area is 131 Å². The normalized spacial score (nSPS) is 12.0. The van der Waals surface area contributed by atoms with Crippen LogP contribution in [0.1, 0.15) is 79.0 Å². The van der Waals surface area contributed by atoms with E-state index in [0.29, 0.717) is 0 Å². The first-order valence-corrected chi connectivity index (χ1v) is 7.85. The smallest absolute Gasteiger partial charge is 0.152 e. The zero-order chi connectivity index (χ0) is 16.8. The van der Waals surface area contributed by atoms with Crippen molar-refractivity contribution >= 4 is 11.9 Å². The number of carbonyl (C=O) groups excluding carboxylic acids is 1. The second-order valence-electron chi connectivity index (χ2n) is 7.29. The van der Waals surface area contributed by atoms with Crippen LogP contribution in [0.2, 0.25) is 0 Å². The second kappa shape index (κ2) is 7.59. The highest BCUT2D eigenvalue weighted by atomic mass is 16.1. The van der Waals surface area contributed by atoms with Crippen LogP contribution in [0.5, 0.6) is 0 Å². The number of hydrogen-bond donors (Lipinski definition) is 0. The van der Waals surface area contributed by atoms with Crippen LogP contribution in [0, 0.1) is 0 Å². The Hall–Kier alpha value is -1.37. The predicted molar refractivity (Wildman–Crippen MR) is 94.9 cm³/mol. The standard InChI is InChI=1S/C18H26O.C2H6/c1-13(19)8-9-14-10-15(17(2,3)4)12-16(11-14)18(5,6)7;1-2/h8-12H,1-7H3;1-2H3/b9-8+;. The molecule has 0 aliphatic heterocycles. The minimum atomic E-state index is 0.0819. The van der Waals surface area contributed by atoms with Gasteiger partial charge in [-0.2, -0.15) is 0 Å². The van der Waals surface area contributed by atoms with Crippen LogP contribution >= 0.6 is 0 Å². The molecule has 0 atom stereocenters. The number of allylic oxidation sites excluding steroid dienone is 1. The molecule has 0 saturated carbocycles. The van der Waals surface area contributed by atoms with Crippen LogP contribution in [-0.4, -0.2) is 5.78 Å². The van der Waals surface area contributed by atoms with Gasteiger partial charge in [-0.15, -0.1) is 0 Å². The lowest BCUT2D eigenvalue weighted by Crippen LogP contribution is -2.16. The Morgan fingerprint density at radius 3 is 1.52 bits per heavy atom. The minimum absolute atomic E-state index is 0.0819. The largest absolute Gasteiger partial charge is 0.295 e. The van der Waals surface area contributed by atoms with Gasteiger partial charge in [0.2, 0.25) is 0 Å². The number of hydrogen-bond acceptors (Lipinski definition) is 1. The molecule has 1 aromatic rings. The summed E-state index contributed by atoms with van der Waals surface area (Å²) in [7, 11) is 0. The molecular weight excluding hydrogens is 256 g/mol. The lowest BCUT2D eigenvalue weighted by molar-refractivity contribution is -0.112. The average Bonchev–Trinajstić information content (AvgIpc) is 2.36. The third-order valence-corrected chi connectivity index (χ3v) is 3.20. The highest BCUT2D eigenvalue weighted by Crippen LogP contribution is 2.30. The van der Waals surface area contributed by atoms with Crippen LogP contribution < -0.4 is 0 Å². The monoisotopic (exact) mass is 288 g/mol. The second-order valence-corrected chi connectivity index (χ2v) is 7.29. The first kappa shape index (κ1) is 19.6. The predicted octanol–water partition coefficient (Wildman–Crippen LogP) is 5.91. The van der Waals surface area contributed by atoms with Crippen molar-refractivity contribution in [2.24, 2.45) is 0 Å². The third-order valence-electron chi connectivity index (χ3n) is 3.20. The Morgan fingerprint density at radius 2 is 1.24 bits per heavy atom. The van der Waals surface area contributed by atoms with Crippen molar-refractivity contribution in [1.82, 2.24) is 0 Å². The molecule has 0 radical (unpaired) electrons. The topological polar surface area (TPSA) is 17.1 Å². The third kappa shape index (κ3) is 6.75. The van der Waals surface area contributed by atoms with E-state index in [2.05, 4.69) is 59.7 Å². The van der Waals surface area contributed by atoms with Crippen molar-refractivity contribution in [3.8, 4) is 0 Å². The summed E-state index contributed by atoms with van der Waals surface area (Å²) >= 11 is 0. The van der Waals surface area contributed by atoms with Gasteiger partial charge >= 0.3 is 0 Å². The van der Waals surface area contributed by atoms with Gasteiger partial charge in [-0.05, 0) is 40.5 Å². The first-order valence-electron chi connectivity index (χ1n) is 7.85. The fraction of sp³-hybridized carbons (Fsp3) is 0.550. The summed E-state index contributed by atoms with van der Waals surface area (Å²) in [5, 5.41) is 0. The van der Waals surface area contributed by atoms with Gasteiger partial charge in [0.15, 0.2) is 5.78 Å². The maximum Gasteiger partial charge on any atom is 0.152 e. The van der Waals surface area contributed by atoms with E-state index >= 15 is 0 Å². The van der Waals surface area contributed by atoms with Crippen molar-refractivity contribution in [2.45, 2.75) is 73.1 Å². The maximum atomic E-state index is 11.1. The Morgan fingerprint density at radius 1 is 0.857 bits per heavy atom. The van der Waals surface area contributed by atoms with Crippen molar-refractivity contribution < 1.29 is 4.79 Å². The SMILES string of the molecule is CC.CC(=O)/C=C/c1cc(C(C)(C)C)cc(C(C)(C)C)c1. The quantitative estimate of drug-likeness (QED) is 0.618. The highest BCUT2D eigenvalue weighted by Gasteiger charge is 2.19. The summed E-state index contributed by atoms with van der Waals surface area (Å²) < 4.78 is 0. The van der Waals surface area contributed by atoms with Gasteiger partial charge in [0.25, 0.3) is 0 Å². The summed E-state index contributed by atoms with van der Waals surface area (Å²) in [5.74, 6) is 0.0819. The van der Waals surface area contributed by atoms with Crippen molar-refractivity contribution in [2.75, 3.05) is 0 Å². The lowest BCUT2D eigenvalue weighted by Gasteiger charge is -2.25. The number of carbonyl (C=O) groups is 1. The van der Waals surface area contributed by atoms with Crippen LogP contribution in [0.4, 0.5) is 0 Å². The zero-order valence-electron chi connectivity index (χ0n) is 15.3. The van der Waals surface area contributed by atoms with E-state index in [1.807, 2.05) is 19.9 Å². The molecule has 0 N–H and O–H groups in total. The fourth-order valence-corrected chi connectivity index (χ4v) is 1.83. The van der Waals surface area contributed by atoms with Gasteiger partial charge < -0.3 is 0 Å². The summed E-state index contributed by atoms with van der Waals surface area (Å²) in [6, 6.07) is 6.63. The fourth-order valence-electron chi connectivity index (χ4n) is 1.83. The van der Waals surface area contributed by atoms with E-state index in [4.69, 9.17) is 0 Å². The molecule has 1 aromatic carbocycles. The van der Waals surface area contributed by atoms with E-state index in [1.54, 1.807) is 13.0 Å². The van der Waals surface area contributed by atoms with Gasteiger partial charge in [0.05, 0.1) is 0 Å². The highest BCUT2D eigenvalue weighted by molar-refractivity contribution is 5.91. The van der Waals surface area contributed by atoms with E-state index in [1.165, 1.54) is 11.1 Å². The Bertz CT molecular complexity index is 461. The molecule has 0 fully saturated rings. The molecule has 0 amide bonds. The maximum absolute atomic E-state index is 11.1. The van der Waals surface area contributed by atoms with Crippen molar-refractivity contribution in [3.05, 3.63) is 41.0 Å².